The largest absolute Gasteiger partial charge is 0.508 e. The van der Waals surface area contributed by atoms with Gasteiger partial charge in [-0.25, -0.2) is 5.48 Å². The Morgan fingerprint density at radius 2 is 0.442 bits per heavy atom. The molecule has 0 radical (unpaired) electrons. The predicted molar refractivity (Wildman–Crippen MR) is 545 cm³/mol. The van der Waals surface area contributed by atoms with Gasteiger partial charge >= 0.3 is 0 Å². The maximum absolute atomic E-state index is 13.1. The minimum absolute atomic E-state index is 0.00281. The van der Waals surface area contributed by atoms with E-state index in [4.69, 9.17) is 23.8 Å². The Morgan fingerprint density at radius 1 is 0.224 bits per heavy atom. The third-order valence-electron chi connectivity index (χ3n) is 23.4. The molecule has 780 valence electrons. The average molecular weight is 2020 g/mol. The highest BCUT2D eigenvalue weighted by Gasteiger charge is 2.34. The minimum atomic E-state index is -1.05. The summed E-state index contributed by atoms with van der Waals surface area (Å²) in [5.41, 5.74) is 15.3. The summed E-state index contributed by atoms with van der Waals surface area (Å²) < 4.78 is 24.2. The van der Waals surface area contributed by atoms with Gasteiger partial charge in [0.15, 0.2) is 92.0 Å². The SMILES string of the molecule is Cc1ccc(CCNC(=O)CCOCC(COCCC(=O)NCCc2ccc(O)c(O)c2)(COCCC(=O)NCCc2ccc(O)c(O)c2)COCCC(=O)NCCc2ccc(O)c(O)c2)cc1O.Cc1ccc(CCNC(=O)c2cc(CONCCc3ccc(O)c(O)c3)cc(C(=O)NCCc3ccc(O)c(O)c3)c2)cc1O.Oc1ccc(Cc2cc(Cc3ccc(O)c(O)c3)cc(Cc3ccc(O)c(O)c3)c2)cc1O. The summed E-state index contributed by atoms with van der Waals surface area (Å²) in [4.78, 5) is 82.7. The van der Waals surface area contributed by atoms with E-state index >= 15 is 0 Å². The van der Waals surface area contributed by atoms with E-state index in [1.807, 2.05) is 36.4 Å². The fourth-order valence-corrected chi connectivity index (χ4v) is 15.2. The van der Waals surface area contributed by atoms with Gasteiger partial charge in [0.05, 0.1) is 64.9 Å². The lowest BCUT2D eigenvalue weighted by Crippen LogP contribution is -2.43. The molecule has 0 aliphatic heterocycles. The molecule has 36 nitrogen and oxygen atoms in total. The predicted octanol–water partition coefficient (Wildman–Crippen LogP) is 11.7. The zero-order chi connectivity index (χ0) is 106. The van der Waals surface area contributed by atoms with E-state index in [1.165, 1.54) is 103 Å². The van der Waals surface area contributed by atoms with Gasteiger partial charge in [-0.15, -0.1) is 0 Å². The molecule has 0 saturated heterocycles. The fourth-order valence-electron chi connectivity index (χ4n) is 15.2. The summed E-state index contributed by atoms with van der Waals surface area (Å²) in [6, 6.07) is 58.1. The van der Waals surface area contributed by atoms with Gasteiger partial charge in [-0.1, -0.05) is 91.0 Å². The Kier molecular flexibility index (Phi) is 43.8. The molecule has 0 heterocycles. The van der Waals surface area contributed by atoms with E-state index < -0.39 is 11.3 Å². The molecule has 0 bridgehead atoms. The number of aromatic hydroxyl groups is 18. The van der Waals surface area contributed by atoms with Gasteiger partial charge < -0.3 is 143 Å². The number of phenols is 18. The number of nitrogens with one attached hydrogen (secondary N) is 7. The summed E-state index contributed by atoms with van der Waals surface area (Å²) in [7, 11) is 0. The van der Waals surface area contributed by atoms with Crippen molar-refractivity contribution < 1.29 is 144 Å². The van der Waals surface area contributed by atoms with E-state index in [-0.39, 0.29) is 255 Å². The number of aryl methyl sites for hydroxylation is 2. The molecule has 0 saturated carbocycles. The second-order valence-electron chi connectivity index (χ2n) is 35.5. The highest BCUT2D eigenvalue weighted by molar-refractivity contribution is 6.00. The Labute approximate surface area is 849 Å². The lowest BCUT2D eigenvalue weighted by atomic mass is 9.92. The summed E-state index contributed by atoms with van der Waals surface area (Å²) in [6.07, 6.45) is 4.75. The Hall–Kier alpha value is -16.4. The Morgan fingerprint density at radius 3 is 0.687 bits per heavy atom. The fraction of sp³-hybridized carbons (Fsp3) is 0.297. The van der Waals surface area contributed by atoms with E-state index in [0.29, 0.717) is 106 Å². The van der Waals surface area contributed by atoms with Gasteiger partial charge in [-0.05, 0) is 294 Å². The first-order valence-corrected chi connectivity index (χ1v) is 47.6. The number of ether oxygens (including phenoxy) is 4. The van der Waals surface area contributed by atoms with Crippen LogP contribution in [0.3, 0.4) is 0 Å². The molecule has 0 aromatic heterocycles. The summed E-state index contributed by atoms with van der Waals surface area (Å²) in [6.45, 7) is 5.63. The number of rotatable bonds is 52. The molecule has 0 fully saturated rings. The first-order valence-electron chi connectivity index (χ1n) is 47.6. The van der Waals surface area contributed by atoms with Gasteiger partial charge in [0.1, 0.15) is 11.5 Å². The lowest BCUT2D eigenvalue weighted by molar-refractivity contribution is -0.129. The maximum atomic E-state index is 13.1. The van der Waals surface area contributed by atoms with Gasteiger partial charge in [-0.2, -0.15) is 0 Å². The van der Waals surface area contributed by atoms with E-state index in [2.05, 4.69) is 37.4 Å². The monoisotopic (exact) mass is 2020 g/mol. The average Bonchev–Trinajstić information content (AvgIpc) is 0.822. The highest BCUT2D eigenvalue weighted by atomic mass is 16.6. The number of hydrogen-bond acceptors (Lipinski definition) is 30. The molecule has 36 heteroatoms. The molecular formula is C111H127N7O29. The number of carbonyl (C=O) groups is 6. The molecule has 0 aliphatic carbocycles. The van der Waals surface area contributed by atoms with Gasteiger partial charge in [0.25, 0.3) is 11.8 Å². The van der Waals surface area contributed by atoms with Crippen LogP contribution < -0.4 is 37.4 Å². The van der Waals surface area contributed by atoms with Gasteiger partial charge in [-0.3, -0.25) is 33.6 Å². The van der Waals surface area contributed by atoms with Crippen molar-refractivity contribution in [2.45, 2.75) is 110 Å². The van der Waals surface area contributed by atoms with Crippen molar-refractivity contribution in [3.05, 3.63) is 319 Å². The van der Waals surface area contributed by atoms with Crippen LogP contribution in [0.25, 0.3) is 0 Å². The summed E-state index contributed by atoms with van der Waals surface area (Å²) >= 11 is 0. The number of phenolic OH excluding ortho intramolecular Hbond substituents is 18. The zero-order valence-corrected chi connectivity index (χ0v) is 81.5. The quantitative estimate of drug-likeness (QED) is 0.00956. The molecular weight excluding hydrogens is 1900 g/mol. The van der Waals surface area contributed by atoms with Crippen LogP contribution in [0, 0.1) is 19.3 Å². The zero-order valence-electron chi connectivity index (χ0n) is 81.5. The van der Waals surface area contributed by atoms with E-state index in [0.717, 1.165) is 66.8 Å². The highest BCUT2D eigenvalue weighted by Crippen LogP contribution is 2.35. The maximum Gasteiger partial charge on any atom is 0.251 e. The first-order chi connectivity index (χ1) is 70.5. The van der Waals surface area contributed by atoms with Gasteiger partial charge in [0, 0.05) is 82.6 Å². The van der Waals surface area contributed by atoms with Crippen molar-refractivity contribution in [3.8, 4) is 103 Å². The van der Waals surface area contributed by atoms with E-state index in [1.54, 1.807) is 92.7 Å². The number of hydroxylamine groups is 1. The number of benzene rings is 12. The summed E-state index contributed by atoms with van der Waals surface area (Å²) in [5.74, 6) is -4.94. The molecule has 12 aromatic carbocycles. The first kappa shape index (κ1) is 113. The third-order valence-corrected chi connectivity index (χ3v) is 23.4. The third kappa shape index (κ3) is 38.7. The summed E-state index contributed by atoms with van der Waals surface area (Å²) in [5, 5.41) is 192. The van der Waals surface area contributed by atoms with Crippen LogP contribution in [-0.4, -0.2) is 226 Å². The van der Waals surface area contributed by atoms with Crippen LogP contribution in [0.2, 0.25) is 0 Å². The topological polar surface area (TPSA) is 597 Å². The van der Waals surface area contributed by atoms with Crippen molar-refractivity contribution >= 4 is 35.4 Å². The molecule has 6 amide bonds. The molecule has 12 rings (SSSR count). The molecule has 25 N–H and O–H groups in total. The van der Waals surface area contributed by atoms with Crippen molar-refractivity contribution in [2.24, 2.45) is 5.41 Å². The van der Waals surface area contributed by atoms with Crippen LogP contribution in [0.4, 0.5) is 0 Å². The van der Waals surface area contributed by atoms with Crippen molar-refractivity contribution in [2.75, 3.05) is 98.7 Å². The van der Waals surface area contributed by atoms with Crippen molar-refractivity contribution in [1.82, 2.24) is 37.4 Å². The van der Waals surface area contributed by atoms with Gasteiger partial charge in [0.2, 0.25) is 23.6 Å². The normalized spacial score (nSPS) is 11.1. The molecule has 0 unspecified atom stereocenters. The minimum Gasteiger partial charge on any atom is -0.508 e. The standard InChI is InChI=1S/C50H66N4O15.C34H37N3O8.C27H24O6/c1-34-2-3-35(26-42(34)58)10-18-51-46(62)14-22-66-30-50(31-67-23-15-47(63)52-19-11-36-4-7-39(55)43(59)27-36,32-68-24-16-48(64)53-20-12-37-5-8-40(56)44(60)28-37)33-69-25-17-49(65)54-21-13-38-6-9-41(57)45(61)29-38;1-21-2-3-22(16-30(21)40)8-11-35-33(43)26-14-25(20-45-37-13-10-24-5-7-29(39)32(42)18-24)15-27(19-26)34(44)36-12-9-23-4-6-28(38)31(41)17-23;28-22-4-1-16(13-25(22)31)7-19-10-20(8-17-2-5-23(29)26(32)14-17)12-21(11-19)9-18-3-6-24(30)27(33)15-18/h2-9,26-29,55-61H,10-25,30-33H2,1H3,(H,51,62)(H,52,63)(H,53,64)(H,54,65);2-7,14-19,37-42H,8-13,20H2,1H3,(H,35,43)(H,36,44);1-6,10-15,28-33H,7-9H2. The molecule has 12 aromatic rings. The van der Waals surface area contributed by atoms with Crippen molar-refractivity contribution in [3.63, 3.8) is 0 Å². The molecule has 0 spiro atoms. The molecule has 147 heavy (non-hydrogen) atoms. The van der Waals surface area contributed by atoms with Crippen LogP contribution in [0.15, 0.2) is 218 Å². The smallest absolute Gasteiger partial charge is 0.251 e. The second-order valence-corrected chi connectivity index (χ2v) is 35.5. The van der Waals surface area contributed by atoms with Crippen LogP contribution in [0.5, 0.6) is 103 Å². The van der Waals surface area contributed by atoms with Crippen LogP contribution >= 0.6 is 0 Å². The van der Waals surface area contributed by atoms with Crippen LogP contribution in [-0.2, 0) is 114 Å². The lowest BCUT2D eigenvalue weighted by Gasteiger charge is -2.33. The molecule has 0 aliphatic rings. The Balaban J connectivity index is 0.000000242. The van der Waals surface area contributed by atoms with Crippen molar-refractivity contribution in [1.29, 1.82) is 0 Å². The molecule has 0 atom stereocenters. The number of carbonyl (C=O) groups excluding carboxylic acids is 6. The number of hydrogen-bond donors (Lipinski definition) is 25. The number of amides is 6. The second kappa shape index (κ2) is 57.2. The van der Waals surface area contributed by atoms with E-state index in [9.17, 15) is 121 Å². The Bertz CT molecular complexity index is 5860. The van der Waals surface area contributed by atoms with Crippen LogP contribution in [0.1, 0.15) is 135 Å².